The summed E-state index contributed by atoms with van der Waals surface area (Å²) in [4.78, 5) is 26.7. The van der Waals surface area contributed by atoms with Gasteiger partial charge in [-0.15, -0.1) is 0 Å². The number of hydrogen-bond acceptors (Lipinski definition) is 4. The number of aliphatic hydroxyl groups is 1. The van der Waals surface area contributed by atoms with Gasteiger partial charge in [-0.05, 0) is 91.4 Å². The molecule has 5 aliphatic carbocycles. The quantitative estimate of drug-likeness (QED) is 0.521. The van der Waals surface area contributed by atoms with E-state index in [9.17, 15) is 19.8 Å². The van der Waals surface area contributed by atoms with Gasteiger partial charge in [0.2, 0.25) is 0 Å². The first-order valence-electron chi connectivity index (χ1n) is 13.9. The summed E-state index contributed by atoms with van der Waals surface area (Å²) in [5.41, 5.74) is -0.570. The van der Waals surface area contributed by atoms with Gasteiger partial charge in [-0.3, -0.25) is 9.59 Å². The molecule has 0 spiro atoms. The van der Waals surface area contributed by atoms with Gasteiger partial charge in [0.1, 0.15) is 0 Å². The van der Waals surface area contributed by atoms with Crippen LogP contribution in [0.3, 0.4) is 0 Å². The second-order valence-corrected chi connectivity index (χ2v) is 15.2. The summed E-state index contributed by atoms with van der Waals surface area (Å²) >= 11 is 0. The Hall–Kier alpha value is -1.20. The fourth-order valence-corrected chi connectivity index (χ4v) is 11.0. The first kappa shape index (κ1) is 24.2. The highest BCUT2D eigenvalue weighted by Crippen LogP contribution is 2.76. The van der Waals surface area contributed by atoms with Crippen LogP contribution in [-0.4, -0.2) is 40.3 Å². The van der Waals surface area contributed by atoms with Crippen LogP contribution in [0.1, 0.15) is 93.4 Å². The number of carboxylic acid groups (broad SMARTS) is 1. The average Bonchev–Trinajstić information content (AvgIpc) is 3.07. The summed E-state index contributed by atoms with van der Waals surface area (Å²) in [7, 11) is 0. The normalized spacial score (nSPS) is 58.1. The highest BCUT2D eigenvalue weighted by molar-refractivity contribution is 5.95. The molecule has 0 aromatic heterocycles. The van der Waals surface area contributed by atoms with Crippen molar-refractivity contribution >= 4 is 11.8 Å². The standard InChI is InChI=1S/C30H44O5/c1-25(2)19-8-11-29(6)23(26(19,3)10-9-20(25)32)18(31)12-16-17-13-28(5,24(33)34)21-14-27(17,4)22(35-21)15-30(16,29)7/h12,17,19-23,32H,8-11,13-15H2,1-7H3,(H,33,34)/t17-,19-,20-,21+,22+,23+,26-,27-,28+,29+,30+/m0/s1. The SMILES string of the molecule is CC1(C)[C@@H](O)CC[C@]2(C)[C@H]3C(=O)C=C4[C@@H]5C[C@@](C)(C(=O)O)[C@H]6C[C@]5(C)[C@@H](C[C@@]4(C)[C@]3(C)CC[C@@H]12)O6. The number of ether oxygens (including phenoxy) is 1. The number of carbonyl (C=O) groups excluding carboxylic acids is 1. The maximum absolute atomic E-state index is 14.3. The summed E-state index contributed by atoms with van der Waals surface area (Å²) in [5.74, 6) is -0.241. The Morgan fingerprint density at radius 1 is 0.943 bits per heavy atom. The zero-order valence-corrected chi connectivity index (χ0v) is 22.6. The highest BCUT2D eigenvalue weighted by atomic mass is 16.5. The molecule has 1 heterocycles. The molecule has 2 N–H and O–H groups in total. The molecule has 6 rings (SSSR count). The lowest BCUT2D eigenvalue weighted by molar-refractivity contribution is -0.205. The van der Waals surface area contributed by atoms with Crippen molar-refractivity contribution in [3.63, 3.8) is 0 Å². The number of aliphatic hydroxyl groups excluding tert-OH is 1. The van der Waals surface area contributed by atoms with E-state index in [4.69, 9.17) is 4.74 Å². The summed E-state index contributed by atoms with van der Waals surface area (Å²) < 4.78 is 6.65. The van der Waals surface area contributed by atoms with Crippen LogP contribution in [0, 0.1) is 50.2 Å². The van der Waals surface area contributed by atoms with E-state index in [1.807, 2.05) is 13.0 Å². The molecule has 4 saturated carbocycles. The minimum atomic E-state index is -0.918. The number of fused-ring (bicyclic) bond motifs is 7. The fraction of sp³-hybridized carbons (Fsp3) is 0.867. The number of aliphatic carboxylic acids is 1. The first-order valence-corrected chi connectivity index (χ1v) is 13.9. The van der Waals surface area contributed by atoms with E-state index in [-0.39, 0.29) is 63.0 Å². The van der Waals surface area contributed by atoms with Crippen molar-refractivity contribution < 1.29 is 24.5 Å². The fourth-order valence-electron chi connectivity index (χ4n) is 11.0. The predicted octanol–water partition coefficient (Wildman–Crippen LogP) is 5.40. The molecule has 5 heteroatoms. The topological polar surface area (TPSA) is 83.8 Å². The maximum Gasteiger partial charge on any atom is 0.312 e. The summed E-state index contributed by atoms with van der Waals surface area (Å²) in [6.07, 6.45) is 7.23. The first-order chi connectivity index (χ1) is 16.1. The van der Waals surface area contributed by atoms with Crippen molar-refractivity contribution in [2.24, 2.45) is 50.2 Å². The van der Waals surface area contributed by atoms with Crippen LogP contribution in [-0.2, 0) is 14.3 Å². The maximum atomic E-state index is 14.3. The van der Waals surface area contributed by atoms with Crippen molar-refractivity contribution in [3.05, 3.63) is 11.6 Å². The molecular weight excluding hydrogens is 440 g/mol. The average molecular weight is 485 g/mol. The minimum Gasteiger partial charge on any atom is -0.481 e. The second-order valence-electron chi connectivity index (χ2n) is 15.2. The van der Waals surface area contributed by atoms with E-state index < -0.39 is 11.4 Å². The zero-order valence-electron chi connectivity index (χ0n) is 22.6. The van der Waals surface area contributed by atoms with E-state index in [0.717, 1.165) is 38.5 Å². The van der Waals surface area contributed by atoms with E-state index in [1.54, 1.807) is 0 Å². The molecule has 1 aliphatic heterocycles. The molecule has 0 aromatic rings. The Labute approximate surface area is 210 Å². The van der Waals surface area contributed by atoms with E-state index in [1.165, 1.54) is 5.57 Å². The number of ketones is 1. The lowest BCUT2D eigenvalue weighted by atomic mass is 9.33. The Balaban J connectivity index is 1.50. The third kappa shape index (κ3) is 2.53. The number of rotatable bonds is 1. The minimum absolute atomic E-state index is 0.0293. The molecule has 0 aromatic carbocycles. The van der Waals surface area contributed by atoms with Gasteiger partial charge in [-0.2, -0.15) is 0 Å². The summed E-state index contributed by atoms with van der Waals surface area (Å²) in [6.45, 7) is 15.6. The van der Waals surface area contributed by atoms with Gasteiger partial charge in [0.05, 0.1) is 23.7 Å². The van der Waals surface area contributed by atoms with Gasteiger partial charge in [0.25, 0.3) is 0 Å². The van der Waals surface area contributed by atoms with E-state index >= 15 is 0 Å². The molecule has 11 atom stereocenters. The molecule has 194 valence electrons. The molecule has 0 radical (unpaired) electrons. The highest BCUT2D eigenvalue weighted by Gasteiger charge is 2.74. The molecule has 5 fully saturated rings. The van der Waals surface area contributed by atoms with Gasteiger partial charge < -0.3 is 14.9 Å². The Morgan fingerprint density at radius 3 is 2.29 bits per heavy atom. The number of carbonyl (C=O) groups is 2. The molecule has 0 amide bonds. The van der Waals surface area contributed by atoms with Gasteiger partial charge in [0, 0.05) is 11.3 Å². The van der Waals surface area contributed by atoms with Gasteiger partial charge in [-0.1, -0.05) is 47.1 Å². The zero-order chi connectivity index (χ0) is 25.6. The third-order valence-electron chi connectivity index (χ3n) is 13.5. The molecule has 6 aliphatic rings. The Morgan fingerprint density at radius 2 is 1.63 bits per heavy atom. The van der Waals surface area contributed by atoms with Crippen LogP contribution in [0.4, 0.5) is 0 Å². The van der Waals surface area contributed by atoms with E-state index in [2.05, 4.69) is 41.5 Å². The summed E-state index contributed by atoms with van der Waals surface area (Å²) in [6, 6.07) is 0. The Bertz CT molecular complexity index is 1050. The smallest absolute Gasteiger partial charge is 0.312 e. The van der Waals surface area contributed by atoms with Gasteiger partial charge in [0.15, 0.2) is 5.78 Å². The number of carboxylic acids is 1. The molecule has 1 saturated heterocycles. The lowest BCUT2D eigenvalue weighted by Crippen LogP contribution is -2.67. The van der Waals surface area contributed by atoms with Crippen molar-refractivity contribution in [1.29, 1.82) is 0 Å². The second kappa shape index (κ2) is 6.62. The van der Waals surface area contributed by atoms with Crippen LogP contribution in [0.25, 0.3) is 0 Å². The third-order valence-corrected chi connectivity index (χ3v) is 13.5. The van der Waals surface area contributed by atoms with Gasteiger partial charge >= 0.3 is 5.97 Å². The molecule has 2 bridgehead atoms. The van der Waals surface area contributed by atoms with Crippen LogP contribution in [0.2, 0.25) is 0 Å². The molecule has 5 nitrogen and oxygen atoms in total. The van der Waals surface area contributed by atoms with Crippen LogP contribution in [0.5, 0.6) is 0 Å². The molecule has 0 unspecified atom stereocenters. The van der Waals surface area contributed by atoms with Crippen LogP contribution >= 0.6 is 0 Å². The Kier molecular flexibility index (Phi) is 4.57. The molecular formula is C30H44O5. The predicted molar refractivity (Wildman–Crippen MR) is 132 cm³/mol. The van der Waals surface area contributed by atoms with Crippen molar-refractivity contribution in [1.82, 2.24) is 0 Å². The molecule has 35 heavy (non-hydrogen) atoms. The number of hydrogen-bond donors (Lipinski definition) is 2. The van der Waals surface area contributed by atoms with Gasteiger partial charge in [-0.25, -0.2) is 0 Å². The van der Waals surface area contributed by atoms with Crippen molar-refractivity contribution in [3.8, 4) is 0 Å². The van der Waals surface area contributed by atoms with Crippen LogP contribution < -0.4 is 0 Å². The monoisotopic (exact) mass is 484 g/mol. The van der Waals surface area contributed by atoms with Crippen molar-refractivity contribution in [2.45, 2.75) is 112 Å². The van der Waals surface area contributed by atoms with Crippen molar-refractivity contribution in [2.75, 3.05) is 0 Å². The van der Waals surface area contributed by atoms with Crippen LogP contribution in [0.15, 0.2) is 11.6 Å². The van der Waals surface area contributed by atoms with E-state index in [0.29, 0.717) is 12.3 Å². The largest absolute Gasteiger partial charge is 0.481 e. The number of allylic oxidation sites excluding steroid dienone is 2. The lowest BCUT2D eigenvalue weighted by Gasteiger charge is -2.70. The summed E-state index contributed by atoms with van der Waals surface area (Å²) in [5, 5.41) is 21.1.